The number of hydrogen-bond donors (Lipinski definition) is 2. The van der Waals surface area contributed by atoms with Gasteiger partial charge in [-0.3, -0.25) is 10.00 Å². The van der Waals surface area contributed by atoms with E-state index in [1.165, 1.54) is 32.1 Å². The molecule has 2 N–H and O–H groups in total. The molecule has 0 saturated heterocycles. The van der Waals surface area contributed by atoms with Crippen LogP contribution in [0.4, 0.5) is 11.5 Å². The fraction of sp³-hybridized carbons (Fsp3) is 0.348. The van der Waals surface area contributed by atoms with E-state index in [0.29, 0.717) is 41.5 Å². The number of imidazole rings is 1. The largest absolute Gasteiger partial charge is 0.339 e. The number of H-pyrrole nitrogens is 1. The molecule has 0 bridgehead atoms. The van der Waals surface area contributed by atoms with E-state index in [2.05, 4.69) is 42.6 Å². The molecule has 10 nitrogen and oxygen atoms in total. The van der Waals surface area contributed by atoms with Crippen LogP contribution in [-0.2, 0) is 6.54 Å². The highest BCUT2D eigenvalue weighted by molar-refractivity contribution is 5.82. The monoisotopic (exact) mass is 443 g/mol. The highest BCUT2D eigenvalue weighted by atomic mass is 16.5. The molecule has 4 aromatic heterocycles. The molecule has 5 aromatic rings. The maximum Gasteiger partial charge on any atom is 0.241 e. The molecule has 0 radical (unpaired) electrons. The summed E-state index contributed by atoms with van der Waals surface area (Å²) in [6.07, 6.45) is 9.92. The van der Waals surface area contributed by atoms with Crippen molar-refractivity contribution < 1.29 is 4.52 Å². The Balaban J connectivity index is 1.23. The van der Waals surface area contributed by atoms with Gasteiger partial charge in [0.1, 0.15) is 5.69 Å². The van der Waals surface area contributed by atoms with E-state index in [-0.39, 0.29) is 0 Å². The summed E-state index contributed by atoms with van der Waals surface area (Å²) >= 11 is 0. The first-order valence-corrected chi connectivity index (χ1v) is 11.3. The summed E-state index contributed by atoms with van der Waals surface area (Å²) in [5.41, 5.74) is 3.31. The first-order valence-electron chi connectivity index (χ1n) is 11.3. The fourth-order valence-electron chi connectivity index (χ4n) is 4.55. The standard InChI is InChI=1S/C23H25N9O/c1-31(17-5-3-2-4-6-17)14-22-27-23(30-33-22)19-13-24-21-10-9-20(29-32(19)21)26-16-7-8-18-15(11-16)12-25-28-18/h7-13,17H,2-6,14H2,1H3,(H,25,28)(H,26,29). The number of fused-ring (bicyclic) bond motifs is 2. The topological polar surface area (TPSA) is 113 Å². The third kappa shape index (κ3) is 3.93. The zero-order valence-electron chi connectivity index (χ0n) is 18.4. The van der Waals surface area contributed by atoms with Crippen LogP contribution in [0.15, 0.2) is 47.2 Å². The Labute approximate surface area is 190 Å². The van der Waals surface area contributed by atoms with Gasteiger partial charge in [0.05, 0.1) is 24.5 Å². The van der Waals surface area contributed by atoms with Crippen molar-refractivity contribution >= 4 is 28.1 Å². The molecule has 168 valence electrons. The van der Waals surface area contributed by atoms with Crippen molar-refractivity contribution in [2.75, 3.05) is 12.4 Å². The lowest BCUT2D eigenvalue weighted by atomic mass is 9.94. The predicted molar refractivity (Wildman–Crippen MR) is 124 cm³/mol. The number of aromatic nitrogens is 7. The molecule has 10 heteroatoms. The second kappa shape index (κ2) is 8.28. The number of rotatable bonds is 6. The Kier molecular flexibility index (Phi) is 4.99. The van der Waals surface area contributed by atoms with Crippen molar-refractivity contribution in [3.05, 3.63) is 48.6 Å². The number of nitrogens with one attached hydrogen (secondary N) is 2. The van der Waals surface area contributed by atoms with Crippen molar-refractivity contribution in [3.63, 3.8) is 0 Å². The van der Waals surface area contributed by atoms with Crippen LogP contribution in [0.5, 0.6) is 0 Å². The Morgan fingerprint density at radius 2 is 2.06 bits per heavy atom. The van der Waals surface area contributed by atoms with Gasteiger partial charge in [-0.15, -0.1) is 5.10 Å². The Morgan fingerprint density at radius 1 is 1.15 bits per heavy atom. The van der Waals surface area contributed by atoms with Gasteiger partial charge in [-0.1, -0.05) is 24.4 Å². The average molecular weight is 444 g/mol. The maximum absolute atomic E-state index is 5.56. The third-order valence-corrected chi connectivity index (χ3v) is 6.35. The van der Waals surface area contributed by atoms with Crippen molar-refractivity contribution in [2.45, 2.75) is 44.7 Å². The first-order chi connectivity index (χ1) is 16.2. The Hall–Kier alpha value is -3.79. The second-order valence-electron chi connectivity index (χ2n) is 8.65. The van der Waals surface area contributed by atoms with Gasteiger partial charge < -0.3 is 9.84 Å². The summed E-state index contributed by atoms with van der Waals surface area (Å²) in [4.78, 5) is 11.4. The molecule has 1 aliphatic rings. The van der Waals surface area contributed by atoms with Crippen LogP contribution in [0.2, 0.25) is 0 Å². The molecule has 6 rings (SSSR count). The summed E-state index contributed by atoms with van der Waals surface area (Å²) in [6.45, 7) is 0.644. The first kappa shape index (κ1) is 19.9. The van der Waals surface area contributed by atoms with E-state index in [4.69, 9.17) is 9.62 Å². The van der Waals surface area contributed by atoms with Gasteiger partial charge in [0, 0.05) is 17.1 Å². The van der Waals surface area contributed by atoms with E-state index in [1.54, 1.807) is 16.9 Å². The molecule has 0 unspecified atom stereocenters. The maximum atomic E-state index is 5.56. The fourth-order valence-corrected chi connectivity index (χ4v) is 4.55. The summed E-state index contributed by atoms with van der Waals surface area (Å²) < 4.78 is 7.30. The lowest BCUT2D eigenvalue weighted by molar-refractivity contribution is 0.165. The highest BCUT2D eigenvalue weighted by Gasteiger charge is 2.21. The third-order valence-electron chi connectivity index (χ3n) is 6.35. The van der Waals surface area contributed by atoms with Gasteiger partial charge >= 0.3 is 0 Å². The van der Waals surface area contributed by atoms with E-state index in [1.807, 2.05) is 30.3 Å². The molecule has 0 atom stereocenters. The number of benzene rings is 1. The van der Waals surface area contributed by atoms with E-state index < -0.39 is 0 Å². The number of hydrogen-bond acceptors (Lipinski definition) is 8. The van der Waals surface area contributed by atoms with Crippen molar-refractivity contribution in [1.82, 2.24) is 39.8 Å². The van der Waals surface area contributed by atoms with Gasteiger partial charge in [0.25, 0.3) is 0 Å². The lowest BCUT2D eigenvalue weighted by Gasteiger charge is -2.29. The summed E-state index contributed by atoms with van der Waals surface area (Å²) in [6, 6.07) is 10.4. The molecule has 0 amide bonds. The summed E-state index contributed by atoms with van der Waals surface area (Å²) in [7, 11) is 2.13. The molecule has 1 aromatic carbocycles. The smallest absolute Gasteiger partial charge is 0.241 e. The molecule has 1 saturated carbocycles. The van der Waals surface area contributed by atoms with Gasteiger partial charge in [0.2, 0.25) is 11.7 Å². The summed E-state index contributed by atoms with van der Waals surface area (Å²) in [5, 5.41) is 20.3. The number of anilines is 2. The number of nitrogens with zero attached hydrogens (tertiary/aromatic N) is 7. The molecule has 1 aliphatic carbocycles. The van der Waals surface area contributed by atoms with Gasteiger partial charge in [-0.25, -0.2) is 9.50 Å². The molecular formula is C23H25N9O. The number of aromatic amines is 1. The van der Waals surface area contributed by atoms with Crippen molar-refractivity contribution in [3.8, 4) is 11.5 Å². The minimum absolute atomic E-state index is 0.485. The van der Waals surface area contributed by atoms with Crippen molar-refractivity contribution in [2.24, 2.45) is 0 Å². The zero-order chi connectivity index (χ0) is 22.2. The van der Waals surface area contributed by atoms with Crippen LogP contribution < -0.4 is 5.32 Å². The van der Waals surface area contributed by atoms with Gasteiger partial charge in [0.15, 0.2) is 11.5 Å². The lowest BCUT2D eigenvalue weighted by Crippen LogP contribution is -2.32. The van der Waals surface area contributed by atoms with Crippen LogP contribution in [0.3, 0.4) is 0 Å². The minimum Gasteiger partial charge on any atom is -0.339 e. The zero-order valence-corrected chi connectivity index (χ0v) is 18.4. The summed E-state index contributed by atoms with van der Waals surface area (Å²) in [5.74, 6) is 1.78. The van der Waals surface area contributed by atoms with Crippen LogP contribution in [-0.4, -0.2) is 52.9 Å². The van der Waals surface area contributed by atoms with Crippen LogP contribution in [0, 0.1) is 0 Å². The van der Waals surface area contributed by atoms with E-state index >= 15 is 0 Å². The van der Waals surface area contributed by atoms with Gasteiger partial charge in [-0.2, -0.15) is 10.1 Å². The second-order valence-corrected chi connectivity index (χ2v) is 8.65. The van der Waals surface area contributed by atoms with Crippen molar-refractivity contribution in [1.29, 1.82) is 0 Å². The average Bonchev–Trinajstić information content (AvgIpc) is 3.58. The molecule has 33 heavy (non-hydrogen) atoms. The molecule has 0 spiro atoms. The Bertz CT molecular complexity index is 1400. The molecular weight excluding hydrogens is 418 g/mol. The predicted octanol–water partition coefficient (Wildman–Crippen LogP) is 4.16. The molecule has 1 fully saturated rings. The highest BCUT2D eigenvalue weighted by Crippen LogP contribution is 2.24. The quantitative estimate of drug-likeness (QED) is 0.402. The van der Waals surface area contributed by atoms with E-state index in [0.717, 1.165) is 16.6 Å². The van der Waals surface area contributed by atoms with Crippen LogP contribution >= 0.6 is 0 Å². The minimum atomic E-state index is 0.485. The Morgan fingerprint density at radius 3 is 2.97 bits per heavy atom. The van der Waals surface area contributed by atoms with Gasteiger partial charge in [-0.05, 0) is 50.2 Å². The van der Waals surface area contributed by atoms with E-state index in [9.17, 15) is 0 Å². The molecule has 4 heterocycles. The molecule has 0 aliphatic heterocycles. The van der Waals surface area contributed by atoms with Crippen LogP contribution in [0.1, 0.15) is 38.0 Å². The van der Waals surface area contributed by atoms with Crippen LogP contribution in [0.25, 0.3) is 28.1 Å². The SMILES string of the molecule is CN(Cc1nc(-c2cnc3ccc(Nc4ccc5[nH]ncc5c4)nn23)no1)C1CCCCC1. The normalized spacial score (nSPS) is 15.1.